The summed E-state index contributed by atoms with van der Waals surface area (Å²) in [6, 6.07) is 24.7. The van der Waals surface area contributed by atoms with Crippen molar-refractivity contribution in [2.75, 3.05) is 11.2 Å². The highest BCUT2D eigenvalue weighted by Crippen LogP contribution is 2.54. The van der Waals surface area contributed by atoms with E-state index in [2.05, 4.69) is 0 Å². The number of imide groups is 1. The molecule has 0 aliphatic carbocycles. The lowest BCUT2D eigenvalue weighted by Crippen LogP contribution is -2.76. The van der Waals surface area contributed by atoms with Crippen LogP contribution in [0.2, 0.25) is 0 Å². The first kappa shape index (κ1) is 18.6. The first-order valence-corrected chi connectivity index (χ1v) is 10.8. The zero-order chi connectivity index (χ0) is 20.9. The number of hydrogen-bond donors (Lipinski definition) is 0. The van der Waals surface area contributed by atoms with Crippen LogP contribution in [0.3, 0.4) is 0 Å². The van der Waals surface area contributed by atoms with Gasteiger partial charge in [-0.3, -0.25) is 24.2 Å². The highest BCUT2D eigenvalue weighted by molar-refractivity contribution is 7.99. The van der Waals surface area contributed by atoms with Gasteiger partial charge in [0.25, 0.3) is 17.7 Å². The molecule has 6 heteroatoms. The highest BCUT2D eigenvalue weighted by atomic mass is 32.2. The fourth-order valence-electron chi connectivity index (χ4n) is 4.42. The maximum atomic E-state index is 13.5. The molecule has 0 bridgehead atoms. The van der Waals surface area contributed by atoms with Crippen LogP contribution in [0.1, 0.15) is 26.3 Å². The van der Waals surface area contributed by atoms with Crippen molar-refractivity contribution >= 4 is 35.2 Å². The topological polar surface area (TPSA) is 57.7 Å². The third-order valence-electron chi connectivity index (χ3n) is 5.75. The van der Waals surface area contributed by atoms with E-state index >= 15 is 0 Å². The van der Waals surface area contributed by atoms with Gasteiger partial charge in [-0.1, -0.05) is 60.7 Å². The van der Waals surface area contributed by atoms with Crippen LogP contribution in [0.25, 0.3) is 0 Å². The molecule has 3 aromatic rings. The molecule has 1 fully saturated rings. The maximum absolute atomic E-state index is 13.5. The largest absolute Gasteiger partial charge is 0.288 e. The summed E-state index contributed by atoms with van der Waals surface area (Å²) in [7, 11) is 0. The van der Waals surface area contributed by atoms with Crippen LogP contribution in [0.15, 0.2) is 84.9 Å². The van der Waals surface area contributed by atoms with Gasteiger partial charge in [-0.2, -0.15) is 0 Å². The van der Waals surface area contributed by atoms with Gasteiger partial charge in [0.15, 0.2) is 6.04 Å². The normalized spacial score (nSPS) is 22.8. The number of thioether (sulfide) groups is 1. The molecule has 0 spiro atoms. The summed E-state index contributed by atoms with van der Waals surface area (Å²) in [5.74, 6) is -1.11. The van der Waals surface area contributed by atoms with Crippen molar-refractivity contribution in [2.24, 2.45) is 0 Å². The Hall–Kier alpha value is -3.38. The van der Waals surface area contributed by atoms with Gasteiger partial charge >= 0.3 is 0 Å². The average Bonchev–Trinajstić information content (AvgIpc) is 3.04. The summed E-state index contributed by atoms with van der Waals surface area (Å²) in [5, 5.41) is 0. The molecular weight excluding hydrogens is 396 g/mol. The average molecular weight is 414 g/mol. The number of carbonyl (C=O) groups is 3. The number of hydrogen-bond acceptors (Lipinski definition) is 4. The minimum Gasteiger partial charge on any atom is -0.288 e. The van der Waals surface area contributed by atoms with Crippen molar-refractivity contribution in [1.82, 2.24) is 4.90 Å². The minimum atomic E-state index is -0.928. The molecule has 5 rings (SSSR count). The fraction of sp³-hybridized carbons (Fsp3) is 0.125. The Morgan fingerprint density at radius 2 is 1.23 bits per heavy atom. The third kappa shape index (κ3) is 2.34. The number of anilines is 1. The van der Waals surface area contributed by atoms with Crippen LogP contribution >= 0.6 is 11.8 Å². The van der Waals surface area contributed by atoms with Crippen molar-refractivity contribution in [1.29, 1.82) is 0 Å². The minimum absolute atomic E-state index is 0.270. The zero-order valence-corrected chi connectivity index (χ0v) is 17.0. The summed E-state index contributed by atoms with van der Waals surface area (Å²) in [6.45, 7) is 0. The zero-order valence-electron chi connectivity index (χ0n) is 16.2. The van der Waals surface area contributed by atoms with Crippen LogP contribution in [0.4, 0.5) is 5.69 Å². The summed E-state index contributed by atoms with van der Waals surface area (Å²) >= 11 is 1.46. The molecule has 148 valence electrons. The maximum Gasteiger partial charge on any atom is 0.262 e. The predicted octanol–water partition coefficient (Wildman–Crippen LogP) is 3.91. The van der Waals surface area contributed by atoms with Crippen molar-refractivity contribution < 1.29 is 14.4 Å². The molecule has 1 saturated heterocycles. The molecule has 2 heterocycles. The summed E-state index contributed by atoms with van der Waals surface area (Å²) in [6.07, 6.45) is 1.90. The lowest BCUT2D eigenvalue weighted by Gasteiger charge is -2.58. The molecule has 0 unspecified atom stereocenters. The number of fused-ring (bicyclic) bond motifs is 1. The predicted molar refractivity (Wildman–Crippen MR) is 116 cm³/mol. The molecule has 5 nitrogen and oxygen atoms in total. The van der Waals surface area contributed by atoms with E-state index in [1.54, 1.807) is 29.2 Å². The Labute approximate surface area is 178 Å². The fourth-order valence-corrected chi connectivity index (χ4v) is 5.60. The highest BCUT2D eigenvalue weighted by Gasteiger charge is 2.67. The third-order valence-corrected chi connectivity index (χ3v) is 7.02. The Morgan fingerprint density at radius 3 is 1.77 bits per heavy atom. The van der Waals surface area contributed by atoms with Crippen molar-refractivity contribution in [2.45, 2.75) is 10.9 Å². The first-order valence-electron chi connectivity index (χ1n) is 9.58. The molecule has 0 N–H and O–H groups in total. The number of rotatable bonds is 4. The molecule has 2 aliphatic heterocycles. The van der Waals surface area contributed by atoms with E-state index in [0.29, 0.717) is 11.1 Å². The lowest BCUT2D eigenvalue weighted by molar-refractivity contribution is -0.131. The van der Waals surface area contributed by atoms with Gasteiger partial charge in [0.2, 0.25) is 0 Å². The van der Waals surface area contributed by atoms with Gasteiger partial charge in [0, 0.05) is 5.69 Å². The van der Waals surface area contributed by atoms with Crippen molar-refractivity contribution in [3.8, 4) is 0 Å². The molecule has 0 aromatic heterocycles. The second-order valence-electron chi connectivity index (χ2n) is 7.20. The smallest absolute Gasteiger partial charge is 0.262 e. The summed E-state index contributed by atoms with van der Waals surface area (Å²) in [4.78, 5) is 41.8. The second kappa shape index (κ2) is 6.85. The molecule has 2 aliphatic rings. The van der Waals surface area contributed by atoms with E-state index in [0.717, 1.165) is 16.2 Å². The number of amides is 3. The van der Waals surface area contributed by atoms with Gasteiger partial charge in [0.05, 0.1) is 11.1 Å². The Morgan fingerprint density at radius 1 is 0.733 bits per heavy atom. The number of benzene rings is 3. The van der Waals surface area contributed by atoms with Crippen LogP contribution < -0.4 is 4.90 Å². The van der Waals surface area contributed by atoms with E-state index in [1.807, 2.05) is 66.9 Å². The van der Waals surface area contributed by atoms with E-state index in [1.165, 1.54) is 11.8 Å². The summed E-state index contributed by atoms with van der Waals surface area (Å²) in [5.41, 5.74) is 2.28. The molecule has 0 saturated carbocycles. The quantitative estimate of drug-likeness (QED) is 0.480. The molecule has 3 aromatic carbocycles. The Balaban J connectivity index is 1.68. The first-order chi connectivity index (χ1) is 14.6. The van der Waals surface area contributed by atoms with Crippen LogP contribution in [0, 0.1) is 0 Å². The van der Waals surface area contributed by atoms with Crippen LogP contribution in [0.5, 0.6) is 0 Å². The van der Waals surface area contributed by atoms with Crippen LogP contribution in [-0.4, -0.2) is 34.9 Å². The second-order valence-corrected chi connectivity index (χ2v) is 8.23. The van der Waals surface area contributed by atoms with Crippen molar-refractivity contribution in [3.05, 3.63) is 102 Å². The summed E-state index contributed by atoms with van der Waals surface area (Å²) < 4.78 is 0. The van der Waals surface area contributed by atoms with E-state index in [4.69, 9.17) is 0 Å². The Bertz CT molecular complexity index is 1130. The van der Waals surface area contributed by atoms with E-state index in [-0.39, 0.29) is 5.91 Å². The number of carbonyl (C=O) groups excluding carboxylic acids is 3. The van der Waals surface area contributed by atoms with Gasteiger partial charge < -0.3 is 0 Å². The molecule has 3 amide bonds. The standard InChI is InChI=1S/C24H18N2O3S/c1-30-24(16-10-4-2-5-11-16)20(23(29)26(24)17-12-6-3-7-13-17)25-21(27)18-14-8-9-15-19(18)22(25)28/h2-15,20H,1H3/t20-,24+/m1/s1. The number of nitrogens with zero attached hydrogens (tertiary/aromatic N) is 2. The van der Waals surface area contributed by atoms with Gasteiger partial charge in [0.1, 0.15) is 4.87 Å². The molecular formula is C24H18N2O3S. The van der Waals surface area contributed by atoms with E-state index in [9.17, 15) is 14.4 Å². The van der Waals surface area contributed by atoms with Gasteiger partial charge in [-0.25, -0.2) is 0 Å². The van der Waals surface area contributed by atoms with E-state index < -0.39 is 22.7 Å². The van der Waals surface area contributed by atoms with Crippen LogP contribution in [-0.2, 0) is 9.67 Å². The molecule has 30 heavy (non-hydrogen) atoms. The monoisotopic (exact) mass is 414 g/mol. The molecule has 2 atom stereocenters. The molecule has 0 radical (unpaired) electrons. The number of β-lactam (4-membered cyclic amide) rings is 1. The van der Waals surface area contributed by atoms with Gasteiger partial charge in [-0.05, 0) is 36.1 Å². The lowest BCUT2D eigenvalue weighted by atomic mass is 9.85. The SMILES string of the molecule is CS[C@@]1(c2ccccc2)[C@H](N2C(=O)c3ccccc3C2=O)C(=O)N1c1ccccc1. The Kier molecular flexibility index (Phi) is 4.25. The number of para-hydroxylation sites is 1. The van der Waals surface area contributed by atoms with Gasteiger partial charge in [-0.15, -0.1) is 11.8 Å². The van der Waals surface area contributed by atoms with Crippen molar-refractivity contribution in [3.63, 3.8) is 0 Å².